The summed E-state index contributed by atoms with van der Waals surface area (Å²) in [7, 11) is 0. The first-order valence-electron chi connectivity index (χ1n) is 17.9. The van der Waals surface area contributed by atoms with E-state index >= 15 is 0 Å². The van der Waals surface area contributed by atoms with Crippen LogP contribution in [0, 0.1) is 0 Å². The average molecular weight is 681 g/mol. The van der Waals surface area contributed by atoms with Crippen molar-refractivity contribution in [2.45, 2.75) is 19.3 Å². The van der Waals surface area contributed by atoms with Crippen LogP contribution in [0.2, 0.25) is 0 Å². The van der Waals surface area contributed by atoms with Gasteiger partial charge in [-0.05, 0) is 73.5 Å². The molecule has 0 atom stereocenters. The van der Waals surface area contributed by atoms with Crippen LogP contribution in [0.15, 0.2) is 158 Å². The molecule has 1 aliphatic carbocycles. The lowest BCUT2D eigenvalue weighted by Gasteiger charge is -2.23. The number of fused-ring (bicyclic) bond motifs is 12. The molecule has 0 spiro atoms. The third kappa shape index (κ3) is 4.17. The van der Waals surface area contributed by atoms with Gasteiger partial charge in [-0.15, -0.1) is 11.3 Å². The van der Waals surface area contributed by atoms with Crippen molar-refractivity contribution in [3.8, 4) is 44.6 Å². The number of rotatable bonds is 3. The quantitative estimate of drug-likeness (QED) is 0.174. The van der Waals surface area contributed by atoms with Gasteiger partial charge in [-0.25, -0.2) is 4.98 Å². The summed E-state index contributed by atoms with van der Waals surface area (Å²) in [6.07, 6.45) is 1.95. The molecule has 0 saturated carbocycles. The van der Waals surface area contributed by atoms with Crippen LogP contribution in [0.3, 0.4) is 0 Å². The van der Waals surface area contributed by atoms with Gasteiger partial charge >= 0.3 is 0 Å². The molecular weight excluding hydrogens is 649 g/mol. The highest BCUT2D eigenvalue weighted by Crippen LogP contribution is 2.52. The maximum Gasteiger partial charge on any atom is 0.0979 e. The van der Waals surface area contributed by atoms with Gasteiger partial charge in [0.2, 0.25) is 0 Å². The summed E-state index contributed by atoms with van der Waals surface area (Å²) >= 11 is 1.89. The molecule has 0 N–H and O–H groups in total. The standard InChI is InChI=1S/C49H32N2S/c1-49(2)42-26-29(22-24-35(42)36-25-23-30(27-43(36)49)32-19-11-20-41-38-16-9-10-21-45(38)52-48(32)41)31-12-3-6-15-37(31)44-28-50-46-39-17-7-4-13-33(39)34-14-5-8-18-40(34)47(46)51-44/h3-28H,1-2H3. The van der Waals surface area contributed by atoms with Gasteiger partial charge in [-0.2, -0.15) is 0 Å². The molecule has 0 bridgehead atoms. The minimum atomic E-state index is -0.164. The van der Waals surface area contributed by atoms with E-state index in [0.717, 1.165) is 38.6 Å². The molecule has 3 heteroatoms. The maximum atomic E-state index is 5.36. The van der Waals surface area contributed by atoms with Crippen molar-refractivity contribution >= 4 is 64.1 Å². The summed E-state index contributed by atoms with van der Waals surface area (Å²) < 4.78 is 2.69. The molecule has 0 radical (unpaired) electrons. The Morgan fingerprint density at radius 3 is 1.69 bits per heavy atom. The molecule has 244 valence electrons. The van der Waals surface area contributed by atoms with E-state index in [4.69, 9.17) is 9.97 Å². The predicted molar refractivity (Wildman–Crippen MR) is 221 cm³/mol. The molecule has 0 aliphatic heterocycles. The maximum absolute atomic E-state index is 5.36. The summed E-state index contributed by atoms with van der Waals surface area (Å²) in [4.78, 5) is 10.4. The first-order valence-corrected chi connectivity index (χ1v) is 18.7. The van der Waals surface area contributed by atoms with Crippen molar-refractivity contribution in [3.63, 3.8) is 0 Å². The molecule has 10 aromatic rings. The summed E-state index contributed by atoms with van der Waals surface area (Å²) in [6.45, 7) is 4.75. The van der Waals surface area contributed by atoms with E-state index in [9.17, 15) is 0 Å². The molecule has 0 fully saturated rings. The fourth-order valence-electron chi connectivity index (χ4n) is 8.76. The first-order chi connectivity index (χ1) is 25.5. The lowest BCUT2D eigenvalue weighted by Crippen LogP contribution is -2.15. The Hall–Kier alpha value is -6.16. The van der Waals surface area contributed by atoms with Crippen molar-refractivity contribution in [2.75, 3.05) is 0 Å². The van der Waals surface area contributed by atoms with E-state index in [2.05, 4.69) is 166 Å². The highest BCUT2D eigenvalue weighted by Gasteiger charge is 2.36. The SMILES string of the molecule is CC1(C)c2cc(-c3ccccc3-c3cnc4c5ccccc5c5ccccc5c4n3)ccc2-c2ccc(-c3cccc4c3sc3ccccc34)cc21. The Bertz CT molecular complexity index is 3080. The van der Waals surface area contributed by atoms with Crippen molar-refractivity contribution in [2.24, 2.45) is 0 Å². The smallest absolute Gasteiger partial charge is 0.0979 e. The molecular formula is C49H32N2S. The third-order valence-corrected chi connectivity index (χ3v) is 12.6. The monoisotopic (exact) mass is 680 g/mol. The average Bonchev–Trinajstić information content (AvgIpc) is 3.69. The largest absolute Gasteiger partial charge is 0.252 e. The number of benzene rings is 8. The van der Waals surface area contributed by atoms with Crippen LogP contribution in [0.25, 0.3) is 97.4 Å². The zero-order chi connectivity index (χ0) is 34.6. The fraction of sp³-hybridized carbons (Fsp3) is 0.0612. The summed E-state index contributed by atoms with van der Waals surface area (Å²) in [5.74, 6) is 0. The van der Waals surface area contributed by atoms with Crippen molar-refractivity contribution in [1.29, 1.82) is 0 Å². The van der Waals surface area contributed by atoms with Gasteiger partial charge in [-0.3, -0.25) is 4.98 Å². The molecule has 2 nitrogen and oxygen atoms in total. The fourth-order valence-corrected chi connectivity index (χ4v) is 10.00. The molecule has 1 aliphatic rings. The first kappa shape index (κ1) is 29.6. The van der Waals surface area contributed by atoms with E-state index in [1.165, 1.54) is 69.9 Å². The van der Waals surface area contributed by atoms with Crippen LogP contribution >= 0.6 is 11.3 Å². The van der Waals surface area contributed by atoms with E-state index in [0.29, 0.717) is 0 Å². The second-order valence-electron chi connectivity index (χ2n) is 14.5. The summed E-state index contributed by atoms with van der Waals surface area (Å²) in [6, 6.07) is 55.4. The number of hydrogen-bond acceptors (Lipinski definition) is 3. The normalized spacial score (nSPS) is 13.3. The van der Waals surface area contributed by atoms with E-state index < -0.39 is 0 Å². The van der Waals surface area contributed by atoms with Crippen LogP contribution in [-0.4, -0.2) is 9.97 Å². The number of hydrogen-bond donors (Lipinski definition) is 0. The van der Waals surface area contributed by atoms with E-state index in [1.54, 1.807) is 0 Å². The Morgan fingerprint density at radius 2 is 0.981 bits per heavy atom. The lowest BCUT2D eigenvalue weighted by atomic mass is 9.80. The van der Waals surface area contributed by atoms with E-state index in [1.807, 2.05) is 17.5 Å². The number of aromatic nitrogens is 2. The van der Waals surface area contributed by atoms with Crippen LogP contribution in [-0.2, 0) is 5.41 Å². The molecule has 0 unspecified atom stereocenters. The van der Waals surface area contributed by atoms with Gasteiger partial charge in [-0.1, -0.05) is 147 Å². The molecule has 11 rings (SSSR count). The Kier molecular flexibility index (Phi) is 6.21. The second-order valence-corrected chi connectivity index (χ2v) is 15.6. The topological polar surface area (TPSA) is 25.8 Å². The van der Waals surface area contributed by atoms with Crippen molar-refractivity contribution in [3.05, 3.63) is 169 Å². The zero-order valence-corrected chi connectivity index (χ0v) is 29.6. The predicted octanol–water partition coefficient (Wildman–Crippen LogP) is 13.6. The Balaban J connectivity index is 1.03. The minimum absolute atomic E-state index is 0.164. The molecule has 0 saturated heterocycles. The van der Waals surface area contributed by atoms with Crippen LogP contribution in [0.4, 0.5) is 0 Å². The second kappa shape index (κ2) is 10.9. The molecule has 2 aromatic heterocycles. The zero-order valence-electron chi connectivity index (χ0n) is 28.8. The molecule has 2 heterocycles. The van der Waals surface area contributed by atoms with Crippen molar-refractivity contribution in [1.82, 2.24) is 9.97 Å². The number of thiophene rings is 1. The minimum Gasteiger partial charge on any atom is -0.252 e. The molecule has 0 amide bonds. The van der Waals surface area contributed by atoms with Gasteiger partial charge in [0.1, 0.15) is 0 Å². The van der Waals surface area contributed by atoms with Crippen LogP contribution < -0.4 is 0 Å². The Labute approximate surface area is 305 Å². The number of nitrogens with zero attached hydrogens (tertiary/aromatic N) is 2. The molecule has 52 heavy (non-hydrogen) atoms. The van der Waals surface area contributed by atoms with Crippen LogP contribution in [0.5, 0.6) is 0 Å². The van der Waals surface area contributed by atoms with Gasteiger partial charge in [0.25, 0.3) is 0 Å². The molecule has 8 aromatic carbocycles. The van der Waals surface area contributed by atoms with Crippen LogP contribution in [0.1, 0.15) is 25.0 Å². The lowest BCUT2D eigenvalue weighted by molar-refractivity contribution is 0.661. The van der Waals surface area contributed by atoms with Crippen molar-refractivity contribution < 1.29 is 0 Å². The van der Waals surface area contributed by atoms with E-state index in [-0.39, 0.29) is 5.41 Å². The summed E-state index contributed by atoms with van der Waals surface area (Å²) in [5.41, 5.74) is 14.0. The third-order valence-electron chi connectivity index (χ3n) is 11.3. The Morgan fingerprint density at radius 1 is 0.442 bits per heavy atom. The highest BCUT2D eigenvalue weighted by atomic mass is 32.1. The van der Waals surface area contributed by atoms with Gasteiger partial charge in [0.15, 0.2) is 0 Å². The van der Waals surface area contributed by atoms with Gasteiger partial charge in [0.05, 0.1) is 22.9 Å². The highest BCUT2D eigenvalue weighted by molar-refractivity contribution is 7.26. The summed E-state index contributed by atoms with van der Waals surface area (Å²) in [5, 5.41) is 7.34. The van der Waals surface area contributed by atoms with Gasteiger partial charge < -0.3 is 0 Å². The van der Waals surface area contributed by atoms with Gasteiger partial charge in [0, 0.05) is 41.9 Å².